The van der Waals surface area contributed by atoms with E-state index in [2.05, 4.69) is 10.2 Å². The van der Waals surface area contributed by atoms with Crippen LogP contribution in [0.15, 0.2) is 78.9 Å². The van der Waals surface area contributed by atoms with Gasteiger partial charge in [-0.2, -0.15) is 0 Å². The van der Waals surface area contributed by atoms with E-state index in [4.69, 9.17) is 4.74 Å². The largest absolute Gasteiger partial charge is 0.446 e. The van der Waals surface area contributed by atoms with Crippen LogP contribution in [0.5, 0.6) is 0 Å². The molecule has 3 aromatic rings. The lowest BCUT2D eigenvalue weighted by atomic mass is 10.0. The molecule has 0 atom stereocenters. The third-order valence-corrected chi connectivity index (χ3v) is 5.35. The molecule has 30 heavy (non-hydrogen) atoms. The first kappa shape index (κ1) is 20.1. The highest BCUT2D eigenvalue weighted by atomic mass is 19.1. The van der Waals surface area contributed by atoms with Crippen molar-refractivity contribution in [1.82, 2.24) is 4.90 Å². The Bertz CT molecular complexity index is 985. The minimum absolute atomic E-state index is 0.113. The van der Waals surface area contributed by atoms with E-state index in [-0.39, 0.29) is 11.9 Å². The maximum atomic E-state index is 13.4. The van der Waals surface area contributed by atoms with Crippen LogP contribution < -0.4 is 5.32 Å². The fraction of sp³-hybridized carbons (Fsp3) is 0.240. The third-order valence-electron chi connectivity index (χ3n) is 5.35. The topological polar surface area (TPSA) is 41.6 Å². The van der Waals surface area contributed by atoms with Gasteiger partial charge in [0.25, 0.3) is 0 Å². The van der Waals surface area contributed by atoms with Crippen molar-refractivity contribution in [3.63, 3.8) is 0 Å². The number of hydrogen-bond acceptors (Lipinski definition) is 3. The predicted molar refractivity (Wildman–Crippen MR) is 117 cm³/mol. The highest BCUT2D eigenvalue weighted by molar-refractivity contribution is 5.91. The molecule has 3 aromatic carbocycles. The number of carbonyl (C=O) groups excluding carboxylic acids is 1. The Hall–Kier alpha value is -3.18. The van der Waals surface area contributed by atoms with E-state index in [1.54, 1.807) is 12.1 Å². The Morgan fingerprint density at radius 1 is 0.967 bits per heavy atom. The van der Waals surface area contributed by atoms with Crippen LogP contribution in [0.1, 0.15) is 18.4 Å². The van der Waals surface area contributed by atoms with E-state index >= 15 is 0 Å². The summed E-state index contributed by atoms with van der Waals surface area (Å²) in [7, 11) is 0. The predicted octanol–water partition coefficient (Wildman–Crippen LogP) is 5.71. The first-order valence-electron chi connectivity index (χ1n) is 10.3. The number of carbonyl (C=O) groups is 1. The van der Waals surface area contributed by atoms with Gasteiger partial charge in [-0.1, -0.05) is 60.7 Å². The van der Waals surface area contributed by atoms with Crippen molar-refractivity contribution in [3.05, 3.63) is 90.2 Å². The van der Waals surface area contributed by atoms with Crippen molar-refractivity contribution in [2.24, 2.45) is 0 Å². The molecule has 0 spiro atoms. The number of para-hydroxylation sites is 1. The van der Waals surface area contributed by atoms with Gasteiger partial charge in [-0.15, -0.1) is 0 Å². The molecule has 4 rings (SSSR count). The molecule has 0 aromatic heterocycles. The maximum Gasteiger partial charge on any atom is 0.411 e. The summed E-state index contributed by atoms with van der Waals surface area (Å²) in [6.45, 7) is 2.34. The number of rotatable bonds is 5. The first-order valence-corrected chi connectivity index (χ1v) is 10.3. The lowest BCUT2D eigenvalue weighted by Gasteiger charge is -2.31. The summed E-state index contributed by atoms with van der Waals surface area (Å²) in [5.41, 5.74) is 3.70. The zero-order valence-electron chi connectivity index (χ0n) is 16.8. The van der Waals surface area contributed by atoms with Crippen LogP contribution in [-0.2, 0) is 11.3 Å². The first-order chi connectivity index (χ1) is 14.7. The Morgan fingerprint density at radius 3 is 2.47 bits per heavy atom. The van der Waals surface area contributed by atoms with Crippen LogP contribution in [0.4, 0.5) is 14.9 Å². The summed E-state index contributed by atoms with van der Waals surface area (Å²) in [5, 5.41) is 2.90. The lowest BCUT2D eigenvalue weighted by Crippen LogP contribution is -2.38. The molecule has 0 bridgehead atoms. The molecule has 0 saturated carbocycles. The smallest absolute Gasteiger partial charge is 0.411 e. The van der Waals surface area contributed by atoms with Gasteiger partial charge in [0.05, 0.1) is 5.69 Å². The molecule has 1 saturated heterocycles. The van der Waals surface area contributed by atoms with E-state index < -0.39 is 6.09 Å². The van der Waals surface area contributed by atoms with Crippen LogP contribution in [0, 0.1) is 5.82 Å². The molecule has 0 aliphatic carbocycles. The van der Waals surface area contributed by atoms with Crippen molar-refractivity contribution in [2.45, 2.75) is 25.5 Å². The molecular weight excluding hydrogens is 379 g/mol. The zero-order valence-corrected chi connectivity index (χ0v) is 16.8. The number of ether oxygens (including phenoxy) is 1. The number of amides is 1. The van der Waals surface area contributed by atoms with E-state index in [1.807, 2.05) is 60.7 Å². The number of halogens is 1. The maximum absolute atomic E-state index is 13.4. The second kappa shape index (κ2) is 9.55. The molecule has 1 heterocycles. The molecule has 1 aliphatic rings. The molecule has 0 radical (unpaired) electrons. The van der Waals surface area contributed by atoms with Gasteiger partial charge in [-0.3, -0.25) is 10.2 Å². The van der Waals surface area contributed by atoms with Crippen LogP contribution in [0.2, 0.25) is 0 Å². The van der Waals surface area contributed by atoms with Crippen LogP contribution >= 0.6 is 0 Å². The van der Waals surface area contributed by atoms with Gasteiger partial charge >= 0.3 is 6.09 Å². The van der Waals surface area contributed by atoms with Crippen molar-refractivity contribution in [1.29, 1.82) is 0 Å². The van der Waals surface area contributed by atoms with Gasteiger partial charge in [0, 0.05) is 25.2 Å². The molecular formula is C25H25FN2O2. The summed E-state index contributed by atoms with van der Waals surface area (Å²) < 4.78 is 19.0. The van der Waals surface area contributed by atoms with Crippen LogP contribution in [0.25, 0.3) is 11.1 Å². The normalized spacial score (nSPS) is 15.0. The third kappa shape index (κ3) is 5.24. The summed E-state index contributed by atoms with van der Waals surface area (Å²) in [6, 6.07) is 24.3. The molecule has 1 amide bonds. The molecule has 0 unspecified atom stereocenters. The van der Waals surface area contributed by atoms with Gasteiger partial charge < -0.3 is 4.74 Å². The molecule has 4 nitrogen and oxygen atoms in total. The highest BCUT2D eigenvalue weighted by Gasteiger charge is 2.23. The number of likely N-dealkylation sites (tertiary alicyclic amines) is 1. The summed E-state index contributed by atoms with van der Waals surface area (Å²) in [6.07, 6.45) is 0.992. The van der Waals surface area contributed by atoms with Crippen LogP contribution in [-0.4, -0.2) is 30.2 Å². The van der Waals surface area contributed by atoms with Gasteiger partial charge in [0.1, 0.15) is 11.9 Å². The minimum Gasteiger partial charge on any atom is -0.446 e. The SMILES string of the molecule is O=C(Nc1ccccc1-c1ccccc1)OC1CCN(Cc2cccc(F)c2)CC1. The lowest BCUT2D eigenvalue weighted by molar-refractivity contribution is 0.0566. The fourth-order valence-corrected chi connectivity index (χ4v) is 3.83. The average Bonchev–Trinajstić information content (AvgIpc) is 2.76. The van der Waals surface area contributed by atoms with Gasteiger partial charge in [0.15, 0.2) is 0 Å². The fourth-order valence-electron chi connectivity index (χ4n) is 3.83. The number of nitrogens with zero attached hydrogens (tertiary/aromatic N) is 1. The Balaban J connectivity index is 1.30. The van der Waals surface area contributed by atoms with E-state index in [9.17, 15) is 9.18 Å². The Labute approximate surface area is 176 Å². The standard InChI is InChI=1S/C25H25FN2O2/c26-21-10-6-7-19(17-21)18-28-15-13-22(14-16-28)30-25(29)27-24-12-5-4-11-23(24)20-8-2-1-3-9-20/h1-12,17,22H,13-16,18H2,(H,27,29). The molecule has 1 aliphatic heterocycles. The van der Waals surface area contributed by atoms with Crippen molar-refractivity contribution in [3.8, 4) is 11.1 Å². The molecule has 5 heteroatoms. The number of piperidine rings is 1. The molecule has 154 valence electrons. The highest BCUT2D eigenvalue weighted by Crippen LogP contribution is 2.28. The second-order valence-electron chi connectivity index (χ2n) is 7.55. The number of hydrogen-bond donors (Lipinski definition) is 1. The van der Waals surface area contributed by atoms with E-state index in [0.29, 0.717) is 6.54 Å². The van der Waals surface area contributed by atoms with Crippen molar-refractivity contribution >= 4 is 11.8 Å². The summed E-state index contributed by atoms with van der Waals surface area (Å²) in [4.78, 5) is 14.7. The number of anilines is 1. The van der Waals surface area contributed by atoms with Crippen molar-refractivity contribution in [2.75, 3.05) is 18.4 Å². The quantitative estimate of drug-likeness (QED) is 0.593. The van der Waals surface area contributed by atoms with Crippen LogP contribution in [0.3, 0.4) is 0 Å². The zero-order chi connectivity index (χ0) is 20.8. The number of benzene rings is 3. The summed E-state index contributed by atoms with van der Waals surface area (Å²) >= 11 is 0. The molecule has 1 fully saturated rings. The second-order valence-corrected chi connectivity index (χ2v) is 7.55. The van der Waals surface area contributed by atoms with Crippen molar-refractivity contribution < 1.29 is 13.9 Å². The number of nitrogens with one attached hydrogen (secondary N) is 1. The average molecular weight is 404 g/mol. The Kier molecular flexibility index (Phi) is 6.40. The Morgan fingerprint density at radius 2 is 1.70 bits per heavy atom. The van der Waals surface area contributed by atoms with E-state index in [1.165, 1.54) is 6.07 Å². The molecule has 1 N–H and O–H groups in total. The van der Waals surface area contributed by atoms with Gasteiger partial charge in [-0.05, 0) is 42.2 Å². The van der Waals surface area contributed by atoms with Gasteiger partial charge in [-0.25, -0.2) is 9.18 Å². The monoisotopic (exact) mass is 404 g/mol. The minimum atomic E-state index is -0.429. The van der Waals surface area contributed by atoms with Gasteiger partial charge in [0.2, 0.25) is 0 Å². The van der Waals surface area contributed by atoms with E-state index in [0.717, 1.165) is 48.3 Å². The summed E-state index contributed by atoms with van der Waals surface area (Å²) in [5.74, 6) is -0.210.